The van der Waals surface area contributed by atoms with Crippen LogP contribution < -0.4 is 0 Å². The summed E-state index contributed by atoms with van der Waals surface area (Å²) in [5, 5.41) is 16.7. The molecule has 13 heavy (non-hydrogen) atoms. The molecule has 0 atom stereocenters. The Hall–Kier alpha value is -1.43. The number of ether oxygens (including phenoxy) is 2. The zero-order valence-corrected chi connectivity index (χ0v) is 7.32. The second-order valence-electron chi connectivity index (χ2n) is 2.20. The molecule has 0 aliphatic carbocycles. The first-order valence-electron chi connectivity index (χ1n) is 3.65. The van der Waals surface area contributed by atoms with Gasteiger partial charge in [0.15, 0.2) is 11.7 Å². The minimum atomic E-state index is -1.22. The molecule has 0 saturated heterocycles. The van der Waals surface area contributed by atoms with Crippen molar-refractivity contribution in [2.45, 2.75) is 0 Å². The first kappa shape index (κ1) is 11.6. The lowest BCUT2D eigenvalue weighted by molar-refractivity contribution is -0.124. The molecule has 0 heterocycles. The summed E-state index contributed by atoms with van der Waals surface area (Å²) in [7, 11) is 1.51. The van der Waals surface area contributed by atoms with Crippen LogP contribution in [0.4, 0.5) is 0 Å². The number of Topliss-reactive ketones (excluding diaryl/α,β-unsaturated/α-hetero) is 1. The first-order valence-corrected chi connectivity index (χ1v) is 3.65. The van der Waals surface area contributed by atoms with E-state index in [4.69, 9.17) is 15.3 Å². The molecule has 0 unspecified atom stereocenters. The molecule has 0 aromatic carbocycles. The van der Waals surface area contributed by atoms with Crippen LogP contribution in [0.15, 0.2) is 0 Å². The fourth-order valence-corrected chi connectivity index (χ4v) is 0.571. The number of carbonyl (C=O) groups is 1. The lowest BCUT2D eigenvalue weighted by Gasteiger charge is -2.01. The maximum absolute atomic E-state index is 11.0. The van der Waals surface area contributed by atoms with Crippen molar-refractivity contribution >= 4 is 5.78 Å². The van der Waals surface area contributed by atoms with E-state index in [1.54, 1.807) is 12.1 Å². The highest BCUT2D eigenvalue weighted by Crippen LogP contribution is 1.94. The molecule has 0 radical (unpaired) electrons. The number of carbonyl (C=O) groups excluding carboxylic acids is 1. The van der Waals surface area contributed by atoms with Crippen molar-refractivity contribution in [3.8, 4) is 12.1 Å². The van der Waals surface area contributed by atoms with Gasteiger partial charge in [0.1, 0.15) is 6.61 Å². The van der Waals surface area contributed by atoms with Gasteiger partial charge in [0.05, 0.1) is 25.4 Å². The van der Waals surface area contributed by atoms with Crippen molar-refractivity contribution in [3.05, 3.63) is 0 Å². The molecule has 70 valence electrons. The van der Waals surface area contributed by atoms with Crippen LogP contribution in [0.3, 0.4) is 0 Å². The zero-order valence-electron chi connectivity index (χ0n) is 7.32. The van der Waals surface area contributed by atoms with Crippen LogP contribution in [0.1, 0.15) is 0 Å². The van der Waals surface area contributed by atoms with Crippen molar-refractivity contribution in [3.63, 3.8) is 0 Å². The Balaban J connectivity index is 3.64. The second kappa shape index (κ2) is 7.23. The predicted octanol–water partition coefficient (Wildman–Crippen LogP) is -0.118. The van der Waals surface area contributed by atoms with E-state index >= 15 is 0 Å². The molecule has 5 nitrogen and oxygen atoms in total. The number of hydrogen-bond donors (Lipinski definition) is 0. The van der Waals surface area contributed by atoms with Gasteiger partial charge in [-0.2, -0.15) is 10.5 Å². The van der Waals surface area contributed by atoms with E-state index in [1.165, 1.54) is 7.11 Å². The smallest absolute Gasteiger partial charge is 0.193 e. The molecule has 0 saturated carbocycles. The van der Waals surface area contributed by atoms with Gasteiger partial charge in [0, 0.05) is 7.11 Å². The van der Waals surface area contributed by atoms with Gasteiger partial charge in [-0.05, 0) is 0 Å². The van der Waals surface area contributed by atoms with Gasteiger partial charge >= 0.3 is 0 Å². The molecule has 0 spiro atoms. The van der Waals surface area contributed by atoms with E-state index in [9.17, 15) is 4.79 Å². The molecular formula is C8H10N2O3. The van der Waals surface area contributed by atoms with E-state index in [2.05, 4.69) is 4.74 Å². The van der Waals surface area contributed by atoms with Crippen LogP contribution in [-0.4, -0.2) is 32.7 Å². The topological polar surface area (TPSA) is 83.1 Å². The van der Waals surface area contributed by atoms with Crippen LogP contribution in [-0.2, 0) is 14.3 Å². The van der Waals surface area contributed by atoms with Gasteiger partial charge < -0.3 is 9.47 Å². The summed E-state index contributed by atoms with van der Waals surface area (Å²) in [6.07, 6.45) is 0. The SMILES string of the molecule is COCCOCC(=O)C(C#N)C#N. The largest absolute Gasteiger partial charge is 0.382 e. The fraction of sp³-hybridized carbons (Fsp3) is 0.625. The molecule has 0 aliphatic rings. The van der Waals surface area contributed by atoms with Gasteiger partial charge in [0.2, 0.25) is 0 Å². The van der Waals surface area contributed by atoms with Crippen LogP contribution in [0.2, 0.25) is 0 Å². The van der Waals surface area contributed by atoms with Crippen molar-refractivity contribution in [2.24, 2.45) is 5.92 Å². The highest BCUT2D eigenvalue weighted by atomic mass is 16.5. The highest BCUT2D eigenvalue weighted by Gasteiger charge is 2.16. The molecule has 5 heteroatoms. The van der Waals surface area contributed by atoms with Crippen molar-refractivity contribution in [1.29, 1.82) is 10.5 Å². The number of ketones is 1. The third-order valence-electron chi connectivity index (χ3n) is 1.26. The number of rotatable bonds is 6. The Bertz CT molecular complexity index is 225. The van der Waals surface area contributed by atoms with Crippen molar-refractivity contribution < 1.29 is 14.3 Å². The van der Waals surface area contributed by atoms with Crippen LogP contribution in [0, 0.1) is 28.6 Å². The van der Waals surface area contributed by atoms with E-state index in [-0.39, 0.29) is 13.2 Å². The highest BCUT2D eigenvalue weighted by molar-refractivity contribution is 5.86. The Morgan fingerprint density at radius 2 is 2.00 bits per heavy atom. The molecule has 0 aromatic heterocycles. The third kappa shape index (κ3) is 4.91. The first-order chi connectivity index (χ1) is 6.26. The summed E-state index contributed by atoms with van der Waals surface area (Å²) in [6.45, 7) is 0.456. The monoisotopic (exact) mass is 182 g/mol. The van der Waals surface area contributed by atoms with Crippen LogP contribution >= 0.6 is 0 Å². The lowest BCUT2D eigenvalue weighted by atomic mass is 10.1. The zero-order chi connectivity index (χ0) is 10.1. The summed E-state index contributed by atoms with van der Waals surface area (Å²) < 4.78 is 9.51. The quantitative estimate of drug-likeness (QED) is 0.535. The maximum atomic E-state index is 11.0. The molecule has 0 aromatic rings. The van der Waals surface area contributed by atoms with Crippen molar-refractivity contribution in [1.82, 2.24) is 0 Å². The minimum absolute atomic E-state index is 0.213. The summed E-state index contributed by atoms with van der Waals surface area (Å²) in [5.74, 6) is -1.73. The Morgan fingerprint density at radius 3 is 2.46 bits per heavy atom. The number of nitriles is 2. The van der Waals surface area contributed by atoms with Crippen LogP contribution in [0.25, 0.3) is 0 Å². The van der Waals surface area contributed by atoms with E-state index < -0.39 is 11.7 Å². The van der Waals surface area contributed by atoms with Gasteiger partial charge in [0.25, 0.3) is 0 Å². The summed E-state index contributed by atoms with van der Waals surface area (Å²) in [6, 6.07) is 3.14. The average Bonchev–Trinajstić information content (AvgIpc) is 2.14. The number of hydrogen-bond acceptors (Lipinski definition) is 5. The minimum Gasteiger partial charge on any atom is -0.382 e. The van der Waals surface area contributed by atoms with Gasteiger partial charge in [-0.25, -0.2) is 0 Å². The summed E-state index contributed by atoms with van der Waals surface area (Å²) >= 11 is 0. The van der Waals surface area contributed by atoms with Crippen molar-refractivity contribution in [2.75, 3.05) is 26.9 Å². The summed E-state index contributed by atoms with van der Waals surface area (Å²) in [5.41, 5.74) is 0. The molecule has 0 amide bonds. The van der Waals surface area contributed by atoms with Crippen LogP contribution in [0.5, 0.6) is 0 Å². The fourth-order valence-electron chi connectivity index (χ4n) is 0.571. The Kier molecular flexibility index (Phi) is 6.44. The predicted molar refractivity (Wildman–Crippen MR) is 42.4 cm³/mol. The number of nitrogens with zero attached hydrogens (tertiary/aromatic N) is 2. The Morgan fingerprint density at radius 1 is 1.38 bits per heavy atom. The summed E-state index contributed by atoms with van der Waals surface area (Å²) in [4.78, 5) is 11.0. The molecule has 0 aliphatic heterocycles. The van der Waals surface area contributed by atoms with E-state index in [1.807, 2.05) is 0 Å². The van der Waals surface area contributed by atoms with Gasteiger partial charge in [-0.1, -0.05) is 0 Å². The molecule has 0 fully saturated rings. The van der Waals surface area contributed by atoms with Gasteiger partial charge in [-0.15, -0.1) is 0 Å². The maximum Gasteiger partial charge on any atom is 0.193 e. The normalized spacial score (nSPS) is 9.23. The molecular weight excluding hydrogens is 172 g/mol. The van der Waals surface area contributed by atoms with E-state index in [0.29, 0.717) is 6.61 Å². The van der Waals surface area contributed by atoms with E-state index in [0.717, 1.165) is 0 Å². The second-order valence-corrected chi connectivity index (χ2v) is 2.20. The standard InChI is InChI=1S/C8H10N2O3/c1-12-2-3-13-6-8(11)7(4-9)5-10/h7H,2-3,6H2,1H3. The average molecular weight is 182 g/mol. The number of methoxy groups -OCH3 is 1. The van der Waals surface area contributed by atoms with Gasteiger partial charge in [-0.3, -0.25) is 4.79 Å². The Labute approximate surface area is 76.5 Å². The molecule has 0 bridgehead atoms. The third-order valence-corrected chi connectivity index (χ3v) is 1.26. The lowest BCUT2D eigenvalue weighted by Crippen LogP contribution is -2.18. The molecule has 0 rings (SSSR count). The molecule has 0 N–H and O–H groups in total.